The summed E-state index contributed by atoms with van der Waals surface area (Å²) in [6, 6.07) is 63.2. The summed E-state index contributed by atoms with van der Waals surface area (Å²) in [6.45, 7) is 23.3. The number of hydrogen-bond acceptors (Lipinski definition) is 4. The third-order valence-corrected chi connectivity index (χ3v) is 17.9. The molecular formula is C65H57BN2S2. The van der Waals surface area contributed by atoms with Crippen LogP contribution in [0, 0.1) is 6.92 Å². The van der Waals surface area contributed by atoms with Gasteiger partial charge in [-0.15, -0.1) is 22.7 Å². The zero-order valence-corrected chi connectivity index (χ0v) is 43.5. The van der Waals surface area contributed by atoms with Crippen LogP contribution in [0.15, 0.2) is 164 Å². The van der Waals surface area contributed by atoms with Gasteiger partial charge in [0.25, 0.3) is 6.71 Å². The lowest BCUT2D eigenvalue weighted by Crippen LogP contribution is -2.59. The Morgan fingerprint density at radius 3 is 1.36 bits per heavy atom. The van der Waals surface area contributed by atoms with Gasteiger partial charge in [0.15, 0.2) is 0 Å². The van der Waals surface area contributed by atoms with E-state index in [2.05, 4.69) is 243 Å². The molecule has 2 aliphatic heterocycles. The van der Waals surface area contributed by atoms with E-state index in [0.29, 0.717) is 0 Å². The van der Waals surface area contributed by atoms with Gasteiger partial charge in [-0.1, -0.05) is 165 Å². The lowest BCUT2D eigenvalue weighted by Gasteiger charge is -2.42. The van der Waals surface area contributed by atoms with E-state index < -0.39 is 0 Å². The minimum absolute atomic E-state index is 0.0104. The van der Waals surface area contributed by atoms with Crippen LogP contribution in [0.1, 0.15) is 84.6 Å². The van der Waals surface area contributed by atoms with Crippen molar-refractivity contribution in [3.05, 3.63) is 186 Å². The standard InChI is InChI=1S/C65H57BN2S2/c1-38-25-30-43(37-50(38)49-22-15-21-48-46-18-12-11-17-44(46)45-19-13-14-20-47(45)57(48)49)68-54-24-16-23-53-58(54)66(62-60(68)52-36-41(65(8,9)10)29-34-56(52)70-62)61-59(51-35-40(64(5,6)7)28-33-55(51)69-61)67(53)42-31-26-39(27-32-42)63(2,3)4/h11-37H,1-10H3. The summed E-state index contributed by atoms with van der Waals surface area (Å²) >= 11 is 3.99. The highest BCUT2D eigenvalue weighted by atomic mass is 32.1. The number of nitrogens with zero attached hydrogens (tertiary/aromatic N) is 2. The summed E-state index contributed by atoms with van der Waals surface area (Å²) < 4.78 is 5.50. The average molecular weight is 941 g/mol. The third kappa shape index (κ3) is 6.43. The molecule has 9 aromatic carbocycles. The normalized spacial score (nSPS) is 13.8. The number of thiophene rings is 2. The van der Waals surface area contributed by atoms with Crippen molar-refractivity contribution in [1.82, 2.24) is 0 Å². The van der Waals surface area contributed by atoms with Crippen LogP contribution in [0.25, 0.3) is 63.6 Å². The molecule has 0 N–H and O–H groups in total. The van der Waals surface area contributed by atoms with Crippen molar-refractivity contribution in [2.45, 2.75) is 85.5 Å². The Labute approximate surface area is 420 Å². The zero-order chi connectivity index (χ0) is 48.2. The van der Waals surface area contributed by atoms with Crippen molar-refractivity contribution in [3.8, 4) is 11.1 Å². The molecule has 13 rings (SSSR count). The maximum Gasteiger partial charge on any atom is 0.277 e. The maximum atomic E-state index is 2.65. The second kappa shape index (κ2) is 15.2. The fourth-order valence-electron chi connectivity index (χ4n) is 11.7. The summed E-state index contributed by atoms with van der Waals surface area (Å²) in [7, 11) is 0. The smallest absolute Gasteiger partial charge is 0.277 e. The predicted molar refractivity (Wildman–Crippen MR) is 310 cm³/mol. The fourth-order valence-corrected chi connectivity index (χ4v) is 14.4. The molecule has 5 heteroatoms. The highest BCUT2D eigenvalue weighted by molar-refractivity contribution is 7.40. The number of hydrogen-bond donors (Lipinski definition) is 0. The molecule has 2 aliphatic rings. The van der Waals surface area contributed by atoms with Crippen molar-refractivity contribution < 1.29 is 0 Å². The van der Waals surface area contributed by atoms with Gasteiger partial charge < -0.3 is 9.80 Å². The van der Waals surface area contributed by atoms with Crippen LogP contribution in [0.3, 0.4) is 0 Å². The second-order valence-corrected chi connectivity index (χ2v) is 25.1. The first kappa shape index (κ1) is 43.4. The number of benzene rings is 9. The first-order chi connectivity index (χ1) is 33.5. The molecule has 0 radical (unpaired) electrons. The van der Waals surface area contributed by atoms with Gasteiger partial charge in [-0.3, -0.25) is 0 Å². The Morgan fingerprint density at radius 1 is 0.386 bits per heavy atom. The maximum absolute atomic E-state index is 2.65. The lowest BCUT2D eigenvalue weighted by atomic mass is 9.39. The molecule has 0 fully saturated rings. The van der Waals surface area contributed by atoms with E-state index in [9.17, 15) is 0 Å². The molecule has 0 amide bonds. The predicted octanol–water partition coefficient (Wildman–Crippen LogP) is 17.5. The Hall–Kier alpha value is -6.66. The lowest BCUT2D eigenvalue weighted by molar-refractivity contribution is 0.590. The molecule has 0 atom stereocenters. The largest absolute Gasteiger partial charge is 0.310 e. The van der Waals surface area contributed by atoms with E-state index in [-0.39, 0.29) is 23.0 Å². The molecule has 70 heavy (non-hydrogen) atoms. The molecule has 0 unspecified atom stereocenters. The van der Waals surface area contributed by atoms with E-state index in [4.69, 9.17) is 0 Å². The van der Waals surface area contributed by atoms with Crippen molar-refractivity contribution >= 4 is 131 Å². The van der Waals surface area contributed by atoms with Crippen molar-refractivity contribution in [2.24, 2.45) is 0 Å². The third-order valence-electron chi connectivity index (χ3n) is 15.4. The highest BCUT2D eigenvalue weighted by Gasteiger charge is 2.47. The summed E-state index contributed by atoms with van der Waals surface area (Å²) in [5.41, 5.74) is 16.8. The van der Waals surface area contributed by atoms with Crippen LogP contribution in [0.5, 0.6) is 0 Å². The molecule has 0 bridgehead atoms. The molecule has 2 nitrogen and oxygen atoms in total. The zero-order valence-electron chi connectivity index (χ0n) is 41.9. The van der Waals surface area contributed by atoms with Crippen LogP contribution in [-0.4, -0.2) is 6.71 Å². The quantitative estimate of drug-likeness (QED) is 0.129. The Bertz CT molecular complexity index is 3940. The summed E-state index contributed by atoms with van der Waals surface area (Å²) in [4.78, 5) is 5.26. The molecule has 342 valence electrons. The summed E-state index contributed by atoms with van der Waals surface area (Å²) in [5.74, 6) is 0. The Balaban J connectivity index is 1.11. The number of anilines is 6. The highest BCUT2D eigenvalue weighted by Crippen LogP contribution is 2.52. The van der Waals surface area contributed by atoms with E-state index in [1.165, 1.54) is 135 Å². The molecule has 4 heterocycles. The number of rotatable bonds is 3. The van der Waals surface area contributed by atoms with Crippen LogP contribution in [0.2, 0.25) is 0 Å². The fraction of sp³-hybridized carbons (Fsp3) is 0.200. The minimum Gasteiger partial charge on any atom is -0.310 e. The first-order valence-electron chi connectivity index (χ1n) is 25.0. The topological polar surface area (TPSA) is 6.48 Å². The molecule has 0 spiro atoms. The summed E-state index contributed by atoms with van der Waals surface area (Å²) in [6.07, 6.45) is 0. The van der Waals surface area contributed by atoms with E-state index >= 15 is 0 Å². The van der Waals surface area contributed by atoms with Gasteiger partial charge in [-0.2, -0.15) is 0 Å². The number of aryl methyl sites for hydroxylation is 1. The molecule has 0 aliphatic carbocycles. The number of fused-ring (bicyclic) bond motifs is 14. The average Bonchev–Trinajstić information content (AvgIpc) is 3.92. The van der Waals surface area contributed by atoms with Gasteiger partial charge in [-0.25, -0.2) is 0 Å². The van der Waals surface area contributed by atoms with Gasteiger partial charge in [0, 0.05) is 52.5 Å². The van der Waals surface area contributed by atoms with Crippen LogP contribution < -0.4 is 24.8 Å². The van der Waals surface area contributed by atoms with Gasteiger partial charge in [0.2, 0.25) is 0 Å². The molecule has 11 aromatic rings. The first-order valence-corrected chi connectivity index (χ1v) is 26.6. The molecule has 0 saturated carbocycles. The van der Waals surface area contributed by atoms with Crippen LogP contribution in [-0.2, 0) is 16.2 Å². The van der Waals surface area contributed by atoms with Crippen LogP contribution in [0.4, 0.5) is 34.1 Å². The van der Waals surface area contributed by atoms with E-state index in [1.807, 2.05) is 22.7 Å². The van der Waals surface area contributed by atoms with E-state index in [0.717, 1.165) is 0 Å². The monoisotopic (exact) mass is 940 g/mol. The van der Waals surface area contributed by atoms with Crippen molar-refractivity contribution in [3.63, 3.8) is 0 Å². The van der Waals surface area contributed by atoms with Crippen molar-refractivity contribution in [2.75, 3.05) is 9.80 Å². The second-order valence-electron chi connectivity index (χ2n) is 23.0. The van der Waals surface area contributed by atoms with Gasteiger partial charge >= 0.3 is 0 Å². The Kier molecular flexibility index (Phi) is 9.40. The van der Waals surface area contributed by atoms with Gasteiger partial charge in [0.1, 0.15) is 0 Å². The Morgan fingerprint density at radius 2 is 0.829 bits per heavy atom. The molecule has 0 saturated heterocycles. The van der Waals surface area contributed by atoms with Gasteiger partial charge in [0.05, 0.1) is 11.4 Å². The minimum atomic E-state index is -0.0107. The van der Waals surface area contributed by atoms with E-state index in [1.54, 1.807) is 0 Å². The molecule has 2 aromatic heterocycles. The van der Waals surface area contributed by atoms with Crippen LogP contribution >= 0.6 is 22.7 Å². The SMILES string of the molecule is Cc1ccc(N2c3cccc4c3B(c3sc5ccc(C(C)(C)C)cc5c3N4c3ccc(C(C)(C)C)cc3)c3sc4ccc(C(C)(C)C)cc4c32)cc1-c1cccc2c3ccccc3c3ccccc3c12. The summed E-state index contributed by atoms with van der Waals surface area (Å²) in [5, 5.41) is 10.4. The van der Waals surface area contributed by atoms with Gasteiger partial charge in [-0.05, 0) is 155 Å². The molecular weight excluding hydrogens is 884 g/mol. The van der Waals surface area contributed by atoms with Crippen molar-refractivity contribution in [1.29, 1.82) is 0 Å².